The number of ether oxygens (including phenoxy) is 1. The highest BCUT2D eigenvalue weighted by atomic mass is 32.1. The Hall–Kier alpha value is -4.37. The Labute approximate surface area is 199 Å². The summed E-state index contributed by atoms with van der Waals surface area (Å²) in [4.78, 5) is 15.3. The van der Waals surface area contributed by atoms with Crippen molar-refractivity contribution in [3.63, 3.8) is 0 Å². The number of non-ortho nitro benzene ring substituents is 1. The van der Waals surface area contributed by atoms with E-state index in [0.29, 0.717) is 28.6 Å². The standard InChI is InChI=1S/C25H19N5O3S/c1-17-24(25-26-23(16-34-25)19-8-5-9-21(14-19)30(31)32)27-28-29(17)20-10-12-22(13-11-20)33-15-18-6-3-2-4-7-18/h2-14,16H,15H2,1H3. The topological polar surface area (TPSA) is 96.0 Å². The van der Waals surface area contributed by atoms with Crippen LogP contribution in [0.5, 0.6) is 5.75 Å². The van der Waals surface area contributed by atoms with Gasteiger partial charge in [0.15, 0.2) is 0 Å². The summed E-state index contributed by atoms with van der Waals surface area (Å²) >= 11 is 1.42. The van der Waals surface area contributed by atoms with Crippen molar-refractivity contribution in [3.05, 3.63) is 106 Å². The van der Waals surface area contributed by atoms with E-state index >= 15 is 0 Å². The number of nitrogens with zero attached hydrogens (tertiary/aromatic N) is 5. The second kappa shape index (κ2) is 9.24. The van der Waals surface area contributed by atoms with Crippen LogP contribution in [-0.2, 0) is 6.61 Å². The normalized spacial score (nSPS) is 10.9. The summed E-state index contributed by atoms with van der Waals surface area (Å²) in [5.74, 6) is 0.770. The molecule has 0 aliphatic rings. The number of hydrogen-bond acceptors (Lipinski definition) is 7. The molecular weight excluding hydrogens is 450 g/mol. The number of nitro benzene ring substituents is 1. The molecule has 0 N–H and O–H groups in total. The lowest BCUT2D eigenvalue weighted by molar-refractivity contribution is -0.384. The van der Waals surface area contributed by atoms with Gasteiger partial charge in [-0.3, -0.25) is 10.1 Å². The summed E-state index contributed by atoms with van der Waals surface area (Å²) in [6, 6.07) is 24.1. The van der Waals surface area contributed by atoms with Crippen LogP contribution in [0.3, 0.4) is 0 Å². The Morgan fingerprint density at radius 1 is 1.03 bits per heavy atom. The number of benzene rings is 3. The summed E-state index contributed by atoms with van der Waals surface area (Å²) in [6.07, 6.45) is 0. The number of thiazole rings is 1. The van der Waals surface area contributed by atoms with Gasteiger partial charge in [0.25, 0.3) is 5.69 Å². The predicted octanol–water partition coefficient (Wildman–Crippen LogP) is 5.85. The smallest absolute Gasteiger partial charge is 0.270 e. The fraction of sp³-hybridized carbons (Fsp3) is 0.0800. The number of rotatable bonds is 7. The van der Waals surface area contributed by atoms with Crippen LogP contribution in [-0.4, -0.2) is 24.9 Å². The average molecular weight is 470 g/mol. The quantitative estimate of drug-likeness (QED) is 0.219. The fourth-order valence-electron chi connectivity index (χ4n) is 3.49. The maximum Gasteiger partial charge on any atom is 0.270 e. The van der Waals surface area contributed by atoms with E-state index in [1.807, 2.05) is 66.9 Å². The third-order valence-electron chi connectivity index (χ3n) is 5.28. The Balaban J connectivity index is 1.34. The lowest BCUT2D eigenvalue weighted by atomic mass is 10.1. The second-order valence-electron chi connectivity index (χ2n) is 7.55. The van der Waals surface area contributed by atoms with Crippen molar-refractivity contribution in [2.24, 2.45) is 0 Å². The SMILES string of the molecule is Cc1c(-c2nc(-c3cccc([N+](=O)[O-])c3)cs2)nnn1-c1ccc(OCc2ccccc2)cc1. The Morgan fingerprint density at radius 3 is 2.59 bits per heavy atom. The van der Waals surface area contributed by atoms with Crippen LogP contribution in [0.15, 0.2) is 84.2 Å². The highest BCUT2D eigenvalue weighted by Crippen LogP contribution is 2.31. The minimum Gasteiger partial charge on any atom is -0.489 e. The minimum atomic E-state index is -0.412. The molecule has 0 amide bonds. The molecule has 168 valence electrons. The van der Waals surface area contributed by atoms with Gasteiger partial charge >= 0.3 is 0 Å². The average Bonchev–Trinajstić information content (AvgIpc) is 3.51. The molecule has 0 spiro atoms. The molecule has 0 saturated heterocycles. The zero-order chi connectivity index (χ0) is 23.5. The van der Waals surface area contributed by atoms with Gasteiger partial charge in [-0.2, -0.15) is 0 Å². The molecule has 2 heterocycles. The van der Waals surface area contributed by atoms with Gasteiger partial charge in [0.1, 0.15) is 23.1 Å². The van der Waals surface area contributed by atoms with Crippen LogP contribution in [0.4, 0.5) is 5.69 Å². The van der Waals surface area contributed by atoms with Gasteiger partial charge in [0, 0.05) is 23.1 Å². The minimum absolute atomic E-state index is 0.0328. The van der Waals surface area contributed by atoms with Crippen molar-refractivity contribution >= 4 is 17.0 Å². The number of aromatic nitrogens is 4. The Kier molecular flexibility index (Phi) is 5.84. The fourth-order valence-corrected chi connectivity index (χ4v) is 4.35. The van der Waals surface area contributed by atoms with Crippen LogP contribution in [0.2, 0.25) is 0 Å². The monoisotopic (exact) mass is 469 g/mol. The third kappa shape index (κ3) is 4.41. The van der Waals surface area contributed by atoms with Crippen LogP contribution < -0.4 is 4.74 Å². The molecule has 34 heavy (non-hydrogen) atoms. The van der Waals surface area contributed by atoms with E-state index in [4.69, 9.17) is 4.74 Å². The molecule has 0 unspecified atom stereocenters. The van der Waals surface area contributed by atoms with Crippen molar-refractivity contribution in [2.75, 3.05) is 0 Å². The second-order valence-corrected chi connectivity index (χ2v) is 8.41. The van der Waals surface area contributed by atoms with E-state index < -0.39 is 4.92 Å². The molecule has 0 radical (unpaired) electrons. The van der Waals surface area contributed by atoms with Crippen LogP contribution in [0, 0.1) is 17.0 Å². The molecule has 3 aromatic carbocycles. The van der Waals surface area contributed by atoms with Crippen molar-refractivity contribution in [1.29, 1.82) is 0 Å². The Bertz CT molecular complexity index is 1450. The first-order valence-electron chi connectivity index (χ1n) is 10.5. The number of nitro groups is 1. The van der Waals surface area contributed by atoms with E-state index in [-0.39, 0.29) is 5.69 Å². The lowest BCUT2D eigenvalue weighted by Crippen LogP contribution is -2.00. The summed E-state index contributed by atoms with van der Waals surface area (Å²) in [7, 11) is 0. The van der Waals surface area contributed by atoms with Crippen molar-refractivity contribution < 1.29 is 9.66 Å². The first-order valence-corrected chi connectivity index (χ1v) is 11.4. The zero-order valence-corrected chi connectivity index (χ0v) is 19.0. The molecule has 5 rings (SSSR count). The molecule has 9 heteroatoms. The summed E-state index contributed by atoms with van der Waals surface area (Å²) in [5.41, 5.74) is 4.87. The molecule has 0 atom stereocenters. The highest BCUT2D eigenvalue weighted by Gasteiger charge is 2.17. The first-order chi connectivity index (χ1) is 16.6. The summed E-state index contributed by atoms with van der Waals surface area (Å²) in [5, 5.41) is 22.3. The first kappa shape index (κ1) is 21.5. The number of hydrogen-bond donors (Lipinski definition) is 0. The van der Waals surface area contributed by atoms with Crippen LogP contribution >= 0.6 is 11.3 Å². The molecule has 8 nitrogen and oxygen atoms in total. The third-order valence-corrected chi connectivity index (χ3v) is 6.13. The zero-order valence-electron chi connectivity index (χ0n) is 18.2. The molecule has 0 fully saturated rings. The van der Waals surface area contributed by atoms with Gasteiger partial charge in [0.2, 0.25) is 0 Å². The van der Waals surface area contributed by atoms with E-state index in [1.54, 1.807) is 16.8 Å². The van der Waals surface area contributed by atoms with Gasteiger partial charge in [-0.25, -0.2) is 9.67 Å². The van der Waals surface area contributed by atoms with E-state index in [2.05, 4.69) is 15.3 Å². The van der Waals surface area contributed by atoms with Gasteiger partial charge in [-0.05, 0) is 36.8 Å². The van der Waals surface area contributed by atoms with Gasteiger partial charge in [0.05, 0.1) is 22.0 Å². The highest BCUT2D eigenvalue weighted by molar-refractivity contribution is 7.13. The van der Waals surface area contributed by atoms with Crippen molar-refractivity contribution in [2.45, 2.75) is 13.5 Å². The Morgan fingerprint density at radius 2 is 1.82 bits per heavy atom. The molecule has 0 aliphatic heterocycles. The van der Waals surface area contributed by atoms with Crippen molar-refractivity contribution in [3.8, 4) is 33.4 Å². The van der Waals surface area contributed by atoms with Crippen LogP contribution in [0.1, 0.15) is 11.3 Å². The van der Waals surface area contributed by atoms with Crippen LogP contribution in [0.25, 0.3) is 27.6 Å². The van der Waals surface area contributed by atoms with Gasteiger partial charge in [-0.15, -0.1) is 16.4 Å². The largest absolute Gasteiger partial charge is 0.489 e. The molecule has 0 bridgehead atoms. The van der Waals surface area contributed by atoms with E-state index in [1.165, 1.54) is 23.5 Å². The van der Waals surface area contributed by atoms with Crippen molar-refractivity contribution in [1.82, 2.24) is 20.0 Å². The van der Waals surface area contributed by atoms with Gasteiger partial charge < -0.3 is 4.74 Å². The summed E-state index contributed by atoms with van der Waals surface area (Å²) in [6.45, 7) is 2.44. The maximum atomic E-state index is 11.1. The molecule has 5 aromatic rings. The van der Waals surface area contributed by atoms with E-state index in [0.717, 1.165) is 22.7 Å². The van der Waals surface area contributed by atoms with Gasteiger partial charge in [-0.1, -0.05) is 47.7 Å². The molecule has 0 saturated carbocycles. The molecule has 2 aromatic heterocycles. The molecule has 0 aliphatic carbocycles. The van der Waals surface area contributed by atoms with E-state index in [9.17, 15) is 10.1 Å². The predicted molar refractivity (Wildman–Crippen MR) is 130 cm³/mol. The maximum absolute atomic E-state index is 11.1. The molecular formula is C25H19N5O3S. The summed E-state index contributed by atoms with van der Waals surface area (Å²) < 4.78 is 7.61. The lowest BCUT2D eigenvalue weighted by Gasteiger charge is -2.08.